The third-order valence-electron chi connectivity index (χ3n) is 5.25. The molecule has 1 atom stereocenters. The van der Waals surface area contributed by atoms with Crippen LogP contribution < -0.4 is 15.5 Å². The van der Waals surface area contributed by atoms with Crippen LogP contribution in [0.25, 0.3) is 0 Å². The van der Waals surface area contributed by atoms with Gasteiger partial charge in [-0.25, -0.2) is 4.79 Å². The van der Waals surface area contributed by atoms with Gasteiger partial charge < -0.3 is 20.3 Å². The lowest BCUT2D eigenvalue weighted by atomic mass is 9.95. The van der Waals surface area contributed by atoms with E-state index in [-0.39, 0.29) is 11.6 Å². The van der Waals surface area contributed by atoms with Crippen molar-refractivity contribution in [1.82, 2.24) is 15.5 Å². The smallest absolute Gasteiger partial charge is 0.315 e. The number of carbonyl (C=O) groups is 1. The molecule has 0 spiro atoms. The van der Waals surface area contributed by atoms with Crippen LogP contribution in [0.1, 0.15) is 12.0 Å². The van der Waals surface area contributed by atoms with Gasteiger partial charge in [0.1, 0.15) is 0 Å². The number of ether oxygens (including phenoxy) is 1. The lowest BCUT2D eigenvalue weighted by molar-refractivity contribution is -0.0124. The number of rotatable bonds is 6. The Balaban J connectivity index is 1.47. The SMILES string of the molecule is CN(C)c1ccc(CNC(=O)NC[C@]2(N3CCOCC3)CCSC2)cc1. The van der Waals surface area contributed by atoms with Gasteiger partial charge in [0.15, 0.2) is 0 Å². The first kappa shape index (κ1) is 19.3. The van der Waals surface area contributed by atoms with E-state index in [0.29, 0.717) is 13.1 Å². The number of nitrogens with zero attached hydrogens (tertiary/aromatic N) is 2. The molecule has 0 bridgehead atoms. The Hall–Kier alpha value is -1.44. The van der Waals surface area contributed by atoms with Crippen LogP contribution >= 0.6 is 11.8 Å². The molecule has 0 unspecified atom stereocenters. The Morgan fingerprint density at radius 1 is 1.23 bits per heavy atom. The molecular formula is C19H30N4O2S. The van der Waals surface area contributed by atoms with Crippen molar-refractivity contribution in [2.75, 3.05) is 63.3 Å². The van der Waals surface area contributed by atoms with E-state index >= 15 is 0 Å². The number of benzene rings is 1. The molecule has 144 valence electrons. The minimum absolute atomic E-state index is 0.0825. The minimum atomic E-state index is -0.0915. The van der Waals surface area contributed by atoms with Crippen LogP contribution in [-0.2, 0) is 11.3 Å². The summed E-state index contributed by atoms with van der Waals surface area (Å²) in [7, 11) is 4.04. The van der Waals surface area contributed by atoms with E-state index in [1.54, 1.807) is 0 Å². The van der Waals surface area contributed by atoms with Crippen LogP contribution in [0.3, 0.4) is 0 Å². The van der Waals surface area contributed by atoms with Crippen molar-refractivity contribution < 1.29 is 9.53 Å². The molecule has 2 amide bonds. The molecule has 2 aliphatic heterocycles. The summed E-state index contributed by atoms with van der Waals surface area (Å²) < 4.78 is 5.49. The van der Waals surface area contributed by atoms with Crippen LogP contribution in [0.15, 0.2) is 24.3 Å². The summed E-state index contributed by atoms with van der Waals surface area (Å²) in [5.74, 6) is 2.25. The second-order valence-corrected chi connectivity index (χ2v) is 8.33. The zero-order chi connectivity index (χ0) is 18.4. The number of amides is 2. The summed E-state index contributed by atoms with van der Waals surface area (Å²) in [6.07, 6.45) is 1.13. The van der Waals surface area contributed by atoms with E-state index < -0.39 is 0 Å². The molecule has 26 heavy (non-hydrogen) atoms. The van der Waals surface area contributed by atoms with E-state index in [0.717, 1.165) is 49.7 Å². The van der Waals surface area contributed by atoms with Gasteiger partial charge in [-0.1, -0.05) is 12.1 Å². The first-order valence-electron chi connectivity index (χ1n) is 9.28. The van der Waals surface area contributed by atoms with Gasteiger partial charge in [-0.3, -0.25) is 4.90 Å². The number of carbonyl (C=O) groups excluding carboxylic acids is 1. The van der Waals surface area contributed by atoms with Crippen molar-refractivity contribution in [1.29, 1.82) is 0 Å². The fourth-order valence-electron chi connectivity index (χ4n) is 3.54. The Labute approximate surface area is 160 Å². The topological polar surface area (TPSA) is 56.8 Å². The second kappa shape index (κ2) is 8.97. The molecular weight excluding hydrogens is 348 g/mol. The van der Waals surface area contributed by atoms with Gasteiger partial charge in [0.2, 0.25) is 0 Å². The summed E-state index contributed by atoms with van der Waals surface area (Å²) in [4.78, 5) is 16.9. The maximum Gasteiger partial charge on any atom is 0.315 e. The predicted molar refractivity (Wildman–Crippen MR) is 108 cm³/mol. The van der Waals surface area contributed by atoms with Crippen LogP contribution in [0.4, 0.5) is 10.5 Å². The molecule has 0 aromatic heterocycles. The van der Waals surface area contributed by atoms with Gasteiger partial charge in [-0.15, -0.1) is 0 Å². The average molecular weight is 379 g/mol. The van der Waals surface area contributed by atoms with Crippen molar-refractivity contribution in [3.05, 3.63) is 29.8 Å². The number of hydrogen-bond donors (Lipinski definition) is 2. The standard InChI is InChI=1S/C19H30N4O2S/c1-22(2)17-5-3-16(4-6-17)13-20-18(24)21-14-19(7-12-26-15-19)23-8-10-25-11-9-23/h3-6H,7-15H2,1-2H3,(H2,20,21,24)/t19-/m1/s1. The van der Waals surface area contributed by atoms with E-state index in [2.05, 4.69) is 44.7 Å². The number of thioether (sulfide) groups is 1. The molecule has 1 aromatic rings. The highest BCUT2D eigenvalue weighted by atomic mass is 32.2. The van der Waals surface area contributed by atoms with Crippen LogP contribution in [-0.4, -0.2) is 74.9 Å². The average Bonchev–Trinajstić information content (AvgIpc) is 3.16. The van der Waals surface area contributed by atoms with Crippen molar-refractivity contribution in [2.24, 2.45) is 0 Å². The minimum Gasteiger partial charge on any atom is -0.379 e. The third-order valence-corrected chi connectivity index (χ3v) is 6.48. The number of urea groups is 1. The van der Waals surface area contributed by atoms with Gasteiger partial charge in [-0.05, 0) is 29.9 Å². The molecule has 6 nitrogen and oxygen atoms in total. The highest BCUT2D eigenvalue weighted by molar-refractivity contribution is 7.99. The van der Waals surface area contributed by atoms with Crippen molar-refractivity contribution in [3.8, 4) is 0 Å². The number of anilines is 1. The molecule has 2 N–H and O–H groups in total. The molecule has 3 rings (SSSR count). The van der Waals surface area contributed by atoms with Crippen molar-refractivity contribution in [2.45, 2.75) is 18.5 Å². The first-order valence-corrected chi connectivity index (χ1v) is 10.4. The number of hydrogen-bond acceptors (Lipinski definition) is 5. The number of morpholine rings is 1. The fourth-order valence-corrected chi connectivity index (χ4v) is 5.01. The number of nitrogens with one attached hydrogen (secondary N) is 2. The van der Waals surface area contributed by atoms with E-state index in [9.17, 15) is 4.79 Å². The molecule has 2 fully saturated rings. The quantitative estimate of drug-likeness (QED) is 0.790. The molecule has 0 aliphatic carbocycles. The summed E-state index contributed by atoms with van der Waals surface area (Å²) in [6.45, 7) is 4.75. The molecule has 0 radical (unpaired) electrons. The zero-order valence-electron chi connectivity index (χ0n) is 15.8. The van der Waals surface area contributed by atoms with Gasteiger partial charge in [0.25, 0.3) is 0 Å². The zero-order valence-corrected chi connectivity index (χ0v) is 16.6. The molecule has 2 saturated heterocycles. The van der Waals surface area contributed by atoms with Crippen LogP contribution in [0.5, 0.6) is 0 Å². The summed E-state index contributed by atoms with van der Waals surface area (Å²) in [5, 5.41) is 6.09. The van der Waals surface area contributed by atoms with E-state index in [1.807, 2.05) is 25.9 Å². The highest BCUT2D eigenvalue weighted by Crippen LogP contribution is 2.33. The van der Waals surface area contributed by atoms with Crippen molar-refractivity contribution in [3.63, 3.8) is 0 Å². The predicted octanol–water partition coefficient (Wildman–Crippen LogP) is 1.76. The maximum atomic E-state index is 12.3. The largest absolute Gasteiger partial charge is 0.379 e. The summed E-state index contributed by atoms with van der Waals surface area (Å²) in [5.41, 5.74) is 2.34. The molecule has 2 heterocycles. The normalized spacial score (nSPS) is 23.6. The Morgan fingerprint density at radius 3 is 2.58 bits per heavy atom. The second-order valence-electron chi connectivity index (χ2n) is 7.22. The van der Waals surface area contributed by atoms with E-state index in [4.69, 9.17) is 4.74 Å². The summed E-state index contributed by atoms with van der Waals surface area (Å²) >= 11 is 1.98. The Morgan fingerprint density at radius 2 is 1.96 bits per heavy atom. The Bertz CT molecular complexity index is 582. The lowest BCUT2D eigenvalue weighted by Crippen LogP contribution is -2.59. The molecule has 1 aromatic carbocycles. The summed E-state index contributed by atoms with van der Waals surface area (Å²) in [6, 6.07) is 8.15. The highest BCUT2D eigenvalue weighted by Gasteiger charge is 2.40. The van der Waals surface area contributed by atoms with Gasteiger partial charge >= 0.3 is 6.03 Å². The van der Waals surface area contributed by atoms with Gasteiger partial charge in [0, 0.05) is 57.3 Å². The molecule has 2 aliphatic rings. The third kappa shape index (κ3) is 4.84. The lowest BCUT2D eigenvalue weighted by Gasteiger charge is -2.43. The van der Waals surface area contributed by atoms with Crippen LogP contribution in [0.2, 0.25) is 0 Å². The Kier molecular flexibility index (Phi) is 6.67. The fraction of sp³-hybridized carbons (Fsp3) is 0.632. The van der Waals surface area contributed by atoms with E-state index in [1.165, 1.54) is 5.75 Å². The van der Waals surface area contributed by atoms with Crippen molar-refractivity contribution >= 4 is 23.5 Å². The maximum absolute atomic E-state index is 12.3. The first-order chi connectivity index (χ1) is 12.6. The van der Waals surface area contributed by atoms with Crippen LogP contribution in [0, 0.1) is 0 Å². The monoisotopic (exact) mass is 378 g/mol. The van der Waals surface area contributed by atoms with Gasteiger partial charge in [0.05, 0.1) is 13.2 Å². The molecule has 7 heteroatoms. The molecule has 0 saturated carbocycles. The van der Waals surface area contributed by atoms with Gasteiger partial charge in [-0.2, -0.15) is 11.8 Å².